The van der Waals surface area contributed by atoms with Gasteiger partial charge in [-0.3, -0.25) is 9.59 Å². The van der Waals surface area contributed by atoms with Crippen molar-refractivity contribution in [2.24, 2.45) is 5.92 Å². The molecule has 0 bridgehead atoms. The maximum atomic E-state index is 12.8. The molecule has 0 fully saturated rings. The first-order chi connectivity index (χ1) is 12.4. The van der Waals surface area contributed by atoms with Crippen LogP contribution in [0, 0.1) is 5.92 Å². The molecule has 1 unspecified atom stereocenters. The van der Waals surface area contributed by atoms with Crippen LogP contribution in [0.4, 0.5) is 0 Å². The Morgan fingerprint density at radius 1 is 1.19 bits per heavy atom. The van der Waals surface area contributed by atoms with Gasteiger partial charge in [-0.15, -0.1) is 0 Å². The van der Waals surface area contributed by atoms with Crippen molar-refractivity contribution < 1.29 is 18.7 Å². The SMILES string of the molecule is CCOc1ccc(C(=O)NC(C(=O)N(C)Cc2ccco2)C(C)C)cc1. The largest absolute Gasteiger partial charge is 0.494 e. The van der Waals surface area contributed by atoms with Gasteiger partial charge in [-0.05, 0) is 49.2 Å². The van der Waals surface area contributed by atoms with Gasteiger partial charge in [0, 0.05) is 12.6 Å². The van der Waals surface area contributed by atoms with E-state index < -0.39 is 6.04 Å². The number of benzene rings is 1. The second-order valence-corrected chi connectivity index (χ2v) is 6.43. The van der Waals surface area contributed by atoms with Gasteiger partial charge in [0.2, 0.25) is 5.91 Å². The number of amides is 2. The van der Waals surface area contributed by atoms with Crippen LogP contribution in [0.5, 0.6) is 5.75 Å². The molecular weight excluding hydrogens is 332 g/mol. The van der Waals surface area contributed by atoms with E-state index >= 15 is 0 Å². The summed E-state index contributed by atoms with van der Waals surface area (Å²) in [6.07, 6.45) is 1.57. The fraction of sp³-hybridized carbons (Fsp3) is 0.400. The fourth-order valence-electron chi connectivity index (χ4n) is 2.56. The summed E-state index contributed by atoms with van der Waals surface area (Å²) in [6.45, 7) is 6.63. The number of carbonyl (C=O) groups excluding carboxylic acids is 2. The Morgan fingerprint density at radius 3 is 2.42 bits per heavy atom. The van der Waals surface area contributed by atoms with E-state index in [1.165, 1.54) is 0 Å². The average molecular weight is 358 g/mol. The number of carbonyl (C=O) groups is 2. The van der Waals surface area contributed by atoms with Crippen molar-refractivity contribution in [1.29, 1.82) is 0 Å². The Balaban J connectivity index is 2.04. The van der Waals surface area contributed by atoms with Gasteiger partial charge in [-0.2, -0.15) is 0 Å². The highest BCUT2D eigenvalue weighted by atomic mass is 16.5. The highest BCUT2D eigenvalue weighted by Gasteiger charge is 2.27. The molecule has 1 atom stereocenters. The van der Waals surface area contributed by atoms with Crippen molar-refractivity contribution in [2.45, 2.75) is 33.4 Å². The van der Waals surface area contributed by atoms with Crippen LogP contribution in [-0.4, -0.2) is 36.4 Å². The Morgan fingerprint density at radius 2 is 1.88 bits per heavy atom. The summed E-state index contributed by atoms with van der Waals surface area (Å²) in [7, 11) is 1.70. The van der Waals surface area contributed by atoms with E-state index in [0.29, 0.717) is 30.2 Å². The molecule has 0 aliphatic heterocycles. The molecule has 0 aliphatic carbocycles. The minimum atomic E-state index is -0.617. The van der Waals surface area contributed by atoms with Crippen LogP contribution in [-0.2, 0) is 11.3 Å². The predicted molar refractivity (Wildman–Crippen MR) is 98.9 cm³/mol. The topological polar surface area (TPSA) is 71.8 Å². The molecule has 1 aromatic carbocycles. The first kappa shape index (κ1) is 19.6. The van der Waals surface area contributed by atoms with Gasteiger partial charge in [0.05, 0.1) is 19.4 Å². The quantitative estimate of drug-likeness (QED) is 0.787. The van der Waals surface area contributed by atoms with Crippen LogP contribution in [0.15, 0.2) is 47.1 Å². The zero-order valence-electron chi connectivity index (χ0n) is 15.7. The monoisotopic (exact) mass is 358 g/mol. The molecule has 6 nitrogen and oxygen atoms in total. The number of hydrogen-bond acceptors (Lipinski definition) is 4. The maximum Gasteiger partial charge on any atom is 0.251 e. The molecule has 2 aromatic rings. The van der Waals surface area contributed by atoms with Gasteiger partial charge in [0.1, 0.15) is 17.6 Å². The molecule has 0 saturated carbocycles. The lowest BCUT2D eigenvalue weighted by atomic mass is 10.0. The number of ether oxygens (including phenoxy) is 1. The molecule has 26 heavy (non-hydrogen) atoms. The molecule has 2 amide bonds. The van der Waals surface area contributed by atoms with Crippen LogP contribution in [0.1, 0.15) is 36.9 Å². The minimum Gasteiger partial charge on any atom is -0.494 e. The Hall–Kier alpha value is -2.76. The number of rotatable bonds is 8. The van der Waals surface area contributed by atoms with Crippen molar-refractivity contribution in [3.63, 3.8) is 0 Å². The first-order valence-corrected chi connectivity index (χ1v) is 8.73. The number of likely N-dealkylation sites (N-methyl/N-ethyl adjacent to an activating group) is 1. The van der Waals surface area contributed by atoms with Crippen LogP contribution in [0.2, 0.25) is 0 Å². The van der Waals surface area contributed by atoms with Crippen molar-refractivity contribution in [2.75, 3.05) is 13.7 Å². The van der Waals surface area contributed by atoms with E-state index in [2.05, 4.69) is 5.32 Å². The maximum absolute atomic E-state index is 12.8. The molecule has 140 valence electrons. The molecule has 0 saturated heterocycles. The standard InChI is InChI=1S/C20H26N2O4/c1-5-25-16-10-8-15(9-11-16)19(23)21-18(14(2)3)20(24)22(4)13-17-7-6-12-26-17/h6-12,14,18H,5,13H2,1-4H3,(H,21,23). The highest BCUT2D eigenvalue weighted by molar-refractivity contribution is 5.97. The van der Waals surface area contributed by atoms with Gasteiger partial charge in [-0.25, -0.2) is 0 Å². The van der Waals surface area contributed by atoms with E-state index in [1.54, 1.807) is 48.5 Å². The number of nitrogens with zero attached hydrogens (tertiary/aromatic N) is 1. The van der Waals surface area contributed by atoms with E-state index in [-0.39, 0.29) is 17.7 Å². The molecule has 1 heterocycles. The van der Waals surface area contributed by atoms with Gasteiger partial charge < -0.3 is 19.4 Å². The third kappa shape index (κ3) is 5.12. The van der Waals surface area contributed by atoms with Crippen LogP contribution < -0.4 is 10.1 Å². The molecule has 6 heteroatoms. The van der Waals surface area contributed by atoms with Crippen LogP contribution in [0.3, 0.4) is 0 Å². The summed E-state index contributed by atoms with van der Waals surface area (Å²) in [5, 5.41) is 2.84. The Kier molecular flexibility index (Phi) is 6.83. The van der Waals surface area contributed by atoms with Gasteiger partial charge in [0.15, 0.2) is 0 Å². The van der Waals surface area contributed by atoms with Crippen molar-refractivity contribution in [3.8, 4) is 5.75 Å². The fourth-order valence-corrected chi connectivity index (χ4v) is 2.56. The summed E-state index contributed by atoms with van der Waals surface area (Å²) in [4.78, 5) is 26.9. The van der Waals surface area contributed by atoms with Gasteiger partial charge in [0.25, 0.3) is 5.91 Å². The summed E-state index contributed by atoms with van der Waals surface area (Å²) in [6, 6.07) is 9.84. The van der Waals surface area contributed by atoms with Crippen molar-refractivity contribution in [1.82, 2.24) is 10.2 Å². The lowest BCUT2D eigenvalue weighted by Gasteiger charge is -2.26. The lowest BCUT2D eigenvalue weighted by molar-refractivity contribution is -0.133. The Labute approximate surface area is 154 Å². The minimum absolute atomic E-state index is 0.0480. The average Bonchev–Trinajstić information content (AvgIpc) is 3.12. The molecule has 0 aliphatic rings. The highest BCUT2D eigenvalue weighted by Crippen LogP contribution is 2.14. The van der Waals surface area contributed by atoms with Crippen molar-refractivity contribution >= 4 is 11.8 Å². The van der Waals surface area contributed by atoms with Crippen LogP contribution in [0.25, 0.3) is 0 Å². The van der Waals surface area contributed by atoms with Crippen LogP contribution >= 0.6 is 0 Å². The molecule has 0 spiro atoms. The van der Waals surface area contributed by atoms with E-state index in [1.807, 2.05) is 26.8 Å². The third-order valence-electron chi connectivity index (χ3n) is 4.00. The summed E-state index contributed by atoms with van der Waals surface area (Å²) >= 11 is 0. The van der Waals surface area contributed by atoms with E-state index in [4.69, 9.17) is 9.15 Å². The molecule has 0 radical (unpaired) electrons. The zero-order chi connectivity index (χ0) is 19.1. The third-order valence-corrected chi connectivity index (χ3v) is 4.00. The zero-order valence-corrected chi connectivity index (χ0v) is 15.7. The second kappa shape index (κ2) is 9.08. The van der Waals surface area contributed by atoms with Crippen molar-refractivity contribution in [3.05, 3.63) is 54.0 Å². The molecular formula is C20H26N2O4. The molecule has 1 N–H and O–H groups in total. The predicted octanol–water partition coefficient (Wildman–Crippen LogP) is 3.09. The lowest BCUT2D eigenvalue weighted by Crippen LogP contribution is -2.50. The second-order valence-electron chi connectivity index (χ2n) is 6.43. The number of hydrogen-bond donors (Lipinski definition) is 1. The normalized spacial score (nSPS) is 11.9. The molecule has 2 rings (SSSR count). The number of nitrogens with one attached hydrogen (secondary N) is 1. The first-order valence-electron chi connectivity index (χ1n) is 8.73. The summed E-state index contributed by atoms with van der Waals surface area (Å²) in [5.74, 6) is 0.912. The van der Waals surface area contributed by atoms with E-state index in [9.17, 15) is 9.59 Å². The summed E-state index contributed by atoms with van der Waals surface area (Å²) < 4.78 is 10.7. The van der Waals surface area contributed by atoms with Gasteiger partial charge >= 0.3 is 0 Å². The number of furan rings is 1. The smallest absolute Gasteiger partial charge is 0.251 e. The van der Waals surface area contributed by atoms with E-state index in [0.717, 1.165) is 0 Å². The Bertz CT molecular complexity index is 708. The van der Waals surface area contributed by atoms with Gasteiger partial charge in [-0.1, -0.05) is 13.8 Å². The molecule has 1 aromatic heterocycles. The summed E-state index contributed by atoms with van der Waals surface area (Å²) in [5.41, 5.74) is 0.487.